The number of pyridine rings is 1. The van der Waals surface area contributed by atoms with E-state index in [1.54, 1.807) is 0 Å². The van der Waals surface area contributed by atoms with Crippen molar-refractivity contribution in [3.8, 4) is 0 Å². The molecule has 3 atom stereocenters. The van der Waals surface area contributed by atoms with Gasteiger partial charge in [0, 0.05) is 37.4 Å². The summed E-state index contributed by atoms with van der Waals surface area (Å²) in [7, 11) is 0. The topological polar surface area (TPSA) is 36.4 Å². The summed E-state index contributed by atoms with van der Waals surface area (Å²) in [5, 5.41) is 2.59. The number of rotatable bonds is 3. The van der Waals surface area contributed by atoms with E-state index in [2.05, 4.69) is 52.3 Å². The van der Waals surface area contributed by atoms with Crippen LogP contribution < -0.4 is 0 Å². The highest BCUT2D eigenvalue weighted by Gasteiger charge is 2.57. The zero-order chi connectivity index (χ0) is 27.5. The monoisotopic (exact) mass is 547 g/mol. The van der Waals surface area contributed by atoms with Gasteiger partial charge in [0.1, 0.15) is 0 Å². The summed E-state index contributed by atoms with van der Waals surface area (Å²) in [4.78, 5) is 22.7. The Balaban J connectivity index is 1.03. The summed E-state index contributed by atoms with van der Waals surface area (Å²) >= 11 is 0. The number of carbonyl (C=O) groups excluding carboxylic acids is 1. The van der Waals surface area contributed by atoms with Gasteiger partial charge in [0.05, 0.1) is 11.0 Å². The number of halogens is 3. The van der Waals surface area contributed by atoms with E-state index in [0.717, 1.165) is 64.2 Å². The summed E-state index contributed by atoms with van der Waals surface area (Å²) in [5.74, 6) is 1.12. The van der Waals surface area contributed by atoms with Gasteiger partial charge >= 0.3 is 6.18 Å². The zero-order valence-corrected chi connectivity index (χ0v) is 22.8. The molecular formula is C33H36F3N3O. The van der Waals surface area contributed by atoms with Crippen molar-refractivity contribution >= 4 is 16.7 Å². The molecule has 2 aliphatic carbocycles. The smallest absolute Gasteiger partial charge is 0.337 e. The van der Waals surface area contributed by atoms with Crippen molar-refractivity contribution in [2.75, 3.05) is 19.6 Å². The molecule has 1 unspecified atom stereocenters. The SMILES string of the molecule is O=C(N1CCc2ncc(C(F)(F)F)cc2C1)[C@@]12CCC[C@@H]1CC(N1CCC(c3ccc4ccccc4c3)CC1)C2. The van der Waals surface area contributed by atoms with Crippen LogP contribution in [0.2, 0.25) is 0 Å². The van der Waals surface area contributed by atoms with Crippen LogP contribution in [0.25, 0.3) is 10.8 Å². The number of alkyl halides is 3. The lowest BCUT2D eigenvalue weighted by Crippen LogP contribution is -2.47. The van der Waals surface area contributed by atoms with E-state index >= 15 is 0 Å². The maximum Gasteiger partial charge on any atom is 0.417 e. The first-order chi connectivity index (χ1) is 19.3. The fourth-order valence-electron chi connectivity index (χ4n) is 8.36. The molecule has 4 nitrogen and oxygen atoms in total. The molecule has 3 heterocycles. The lowest BCUT2D eigenvalue weighted by atomic mass is 9.78. The number of hydrogen-bond donors (Lipinski definition) is 0. The molecule has 210 valence electrons. The molecule has 0 bridgehead atoms. The Morgan fingerprint density at radius 2 is 1.77 bits per heavy atom. The van der Waals surface area contributed by atoms with Crippen LogP contribution in [0.3, 0.4) is 0 Å². The quantitative estimate of drug-likeness (QED) is 0.356. The van der Waals surface area contributed by atoms with Crippen LogP contribution in [0.1, 0.15) is 73.2 Å². The van der Waals surface area contributed by atoms with Gasteiger partial charge in [-0.3, -0.25) is 9.78 Å². The molecule has 1 aromatic heterocycles. The second-order valence-corrected chi connectivity index (χ2v) is 12.6. The third-order valence-electron chi connectivity index (χ3n) is 10.5. The molecule has 7 heteroatoms. The molecule has 2 aromatic carbocycles. The molecule has 2 aliphatic heterocycles. The minimum atomic E-state index is -4.43. The largest absolute Gasteiger partial charge is 0.417 e. The fraction of sp³-hybridized carbons (Fsp3) is 0.515. The number of aromatic nitrogens is 1. The van der Waals surface area contributed by atoms with Crippen LogP contribution in [0.4, 0.5) is 13.2 Å². The second kappa shape index (κ2) is 9.86. The van der Waals surface area contributed by atoms with Gasteiger partial charge in [-0.05, 0) is 91.4 Å². The maximum absolute atomic E-state index is 14.1. The Morgan fingerprint density at radius 3 is 2.58 bits per heavy atom. The highest BCUT2D eigenvalue weighted by molar-refractivity contribution is 5.84. The van der Waals surface area contributed by atoms with E-state index in [4.69, 9.17) is 0 Å². The molecule has 7 rings (SSSR count). The average molecular weight is 548 g/mol. The first-order valence-electron chi connectivity index (χ1n) is 14.9. The predicted molar refractivity (Wildman–Crippen MR) is 149 cm³/mol. The van der Waals surface area contributed by atoms with Crippen molar-refractivity contribution in [1.82, 2.24) is 14.8 Å². The van der Waals surface area contributed by atoms with Gasteiger partial charge in [-0.15, -0.1) is 0 Å². The molecule has 3 fully saturated rings. The van der Waals surface area contributed by atoms with Gasteiger partial charge in [0.15, 0.2) is 0 Å². The van der Waals surface area contributed by atoms with Crippen molar-refractivity contribution in [3.63, 3.8) is 0 Å². The van der Waals surface area contributed by atoms with Gasteiger partial charge in [0.2, 0.25) is 5.91 Å². The Kier molecular flexibility index (Phi) is 6.41. The van der Waals surface area contributed by atoms with Gasteiger partial charge in [0.25, 0.3) is 0 Å². The number of fused-ring (bicyclic) bond motifs is 3. The Bertz CT molecular complexity index is 1430. The number of likely N-dealkylation sites (tertiary alicyclic amines) is 1. The average Bonchev–Trinajstić information content (AvgIpc) is 3.54. The van der Waals surface area contributed by atoms with E-state index in [-0.39, 0.29) is 17.9 Å². The Labute approximate surface area is 233 Å². The van der Waals surface area contributed by atoms with Gasteiger partial charge in [-0.25, -0.2) is 0 Å². The second-order valence-electron chi connectivity index (χ2n) is 12.6. The Morgan fingerprint density at radius 1 is 0.975 bits per heavy atom. The molecule has 0 N–H and O–H groups in total. The third-order valence-corrected chi connectivity index (χ3v) is 10.5. The van der Waals surface area contributed by atoms with E-state index in [0.29, 0.717) is 42.1 Å². The van der Waals surface area contributed by atoms with Crippen LogP contribution in [-0.2, 0) is 23.9 Å². The van der Waals surface area contributed by atoms with E-state index < -0.39 is 11.7 Å². The van der Waals surface area contributed by atoms with Crippen LogP contribution in [0.15, 0.2) is 54.7 Å². The molecular weight excluding hydrogens is 511 g/mol. The lowest BCUT2D eigenvalue weighted by molar-refractivity contribution is -0.144. The number of nitrogens with zero attached hydrogens (tertiary/aromatic N) is 3. The number of hydrogen-bond acceptors (Lipinski definition) is 3. The minimum absolute atomic E-state index is 0.173. The van der Waals surface area contributed by atoms with Gasteiger partial charge in [-0.2, -0.15) is 13.2 Å². The normalized spacial score (nSPS) is 27.6. The molecule has 1 saturated heterocycles. The summed E-state index contributed by atoms with van der Waals surface area (Å²) < 4.78 is 39.9. The van der Waals surface area contributed by atoms with Crippen LogP contribution in [0, 0.1) is 11.3 Å². The number of carbonyl (C=O) groups is 1. The Hall–Kier alpha value is -2.93. The van der Waals surface area contributed by atoms with E-state index in [1.165, 1.54) is 22.4 Å². The number of amides is 1. The molecule has 0 radical (unpaired) electrons. The van der Waals surface area contributed by atoms with Crippen molar-refractivity contribution in [1.29, 1.82) is 0 Å². The highest BCUT2D eigenvalue weighted by Crippen LogP contribution is 2.57. The first-order valence-corrected chi connectivity index (χ1v) is 14.9. The lowest BCUT2D eigenvalue weighted by Gasteiger charge is -2.39. The molecule has 4 aliphatic rings. The van der Waals surface area contributed by atoms with Crippen molar-refractivity contribution < 1.29 is 18.0 Å². The molecule has 1 amide bonds. The van der Waals surface area contributed by atoms with Gasteiger partial charge < -0.3 is 9.80 Å². The third kappa shape index (κ3) is 4.50. The van der Waals surface area contributed by atoms with Crippen molar-refractivity contribution in [2.45, 2.75) is 76.0 Å². The van der Waals surface area contributed by atoms with Crippen molar-refractivity contribution in [3.05, 3.63) is 77.1 Å². The highest BCUT2D eigenvalue weighted by atomic mass is 19.4. The zero-order valence-electron chi connectivity index (χ0n) is 22.8. The van der Waals surface area contributed by atoms with Gasteiger partial charge in [-0.1, -0.05) is 48.9 Å². The van der Waals surface area contributed by atoms with Crippen LogP contribution in [-0.4, -0.2) is 46.4 Å². The van der Waals surface area contributed by atoms with E-state index in [9.17, 15) is 18.0 Å². The van der Waals surface area contributed by atoms with Crippen LogP contribution in [0.5, 0.6) is 0 Å². The summed E-state index contributed by atoms with van der Waals surface area (Å²) in [5.41, 5.74) is 1.58. The molecule has 40 heavy (non-hydrogen) atoms. The van der Waals surface area contributed by atoms with Crippen LogP contribution >= 0.6 is 0 Å². The van der Waals surface area contributed by atoms with E-state index in [1.807, 2.05) is 4.90 Å². The molecule has 3 aromatic rings. The standard InChI is InChI=1S/C33H36F3N3O/c34-33(35,36)28-17-26-21-39(15-11-30(26)37-20-28)31(40)32-12-3-6-27(32)18-29(19-32)38-13-9-23(10-14-38)25-8-7-22-4-1-2-5-24(22)16-25/h1-2,4-5,7-8,16-17,20,23,27,29H,3,6,9-15,18-19,21H2/t27-,29?,32-/m1/s1. The number of piperidine rings is 1. The minimum Gasteiger partial charge on any atom is -0.337 e. The summed E-state index contributed by atoms with van der Waals surface area (Å²) in [6.45, 7) is 2.89. The number of benzene rings is 2. The first kappa shape index (κ1) is 26.0. The van der Waals surface area contributed by atoms with Crippen molar-refractivity contribution in [2.24, 2.45) is 11.3 Å². The predicted octanol–water partition coefficient (Wildman–Crippen LogP) is 6.97. The maximum atomic E-state index is 14.1. The summed E-state index contributed by atoms with van der Waals surface area (Å²) in [6.07, 6.45) is 4.30. The molecule has 0 spiro atoms. The molecule has 2 saturated carbocycles. The fourth-order valence-corrected chi connectivity index (χ4v) is 8.36. The summed E-state index contributed by atoms with van der Waals surface area (Å²) in [6, 6.07) is 17.0.